The molecule has 0 bridgehead atoms. The monoisotopic (exact) mass is 293 g/mol. The molecule has 4 heteroatoms. The molecule has 0 saturated heterocycles. The summed E-state index contributed by atoms with van der Waals surface area (Å²) in [5.74, 6) is 5.11. The van der Waals surface area contributed by atoms with Crippen LogP contribution in [0.4, 0.5) is 0 Å². The molecule has 1 rings (SSSR count). The number of carbonyl (C=O) groups is 1. The number of benzene rings is 1. The summed E-state index contributed by atoms with van der Waals surface area (Å²) in [4.78, 5) is 12.0. The van der Waals surface area contributed by atoms with E-state index in [4.69, 9.17) is 16.7 Å². The molecule has 0 fully saturated rings. The maximum atomic E-state index is 12.0. The molecular weight excluding hydrogens is 274 g/mol. The largest absolute Gasteiger partial charge is 0.384 e. The third-order valence-corrected chi connectivity index (χ3v) is 3.53. The third-order valence-electron chi connectivity index (χ3n) is 3.22. The van der Waals surface area contributed by atoms with Crippen LogP contribution in [0.5, 0.6) is 0 Å². The van der Waals surface area contributed by atoms with E-state index < -0.39 is 0 Å². The van der Waals surface area contributed by atoms with Gasteiger partial charge in [-0.15, -0.1) is 0 Å². The second kappa shape index (κ2) is 7.33. The fourth-order valence-corrected chi connectivity index (χ4v) is 1.67. The van der Waals surface area contributed by atoms with E-state index in [0.717, 1.165) is 6.42 Å². The van der Waals surface area contributed by atoms with Gasteiger partial charge in [0.15, 0.2) is 0 Å². The molecule has 0 unspecified atom stereocenters. The zero-order chi connectivity index (χ0) is 15.2. The van der Waals surface area contributed by atoms with E-state index in [1.165, 1.54) is 0 Å². The predicted octanol–water partition coefficient (Wildman–Crippen LogP) is 2.85. The number of carbonyl (C=O) groups excluding carboxylic acids is 1. The Balaban J connectivity index is 2.78. The standard InChI is InChI=1S/C16H20ClNO2/c1-4-16(2,3)11-18-15(20)13-8-7-12(6-5-9-19)14(17)10-13/h7-8,10,19H,4,9,11H2,1-3H3,(H,18,20). The van der Waals surface area contributed by atoms with Crippen molar-refractivity contribution < 1.29 is 9.90 Å². The molecule has 20 heavy (non-hydrogen) atoms. The van der Waals surface area contributed by atoms with Crippen LogP contribution in [0.1, 0.15) is 43.1 Å². The number of hydrogen-bond donors (Lipinski definition) is 2. The van der Waals surface area contributed by atoms with Crippen LogP contribution in [0.15, 0.2) is 18.2 Å². The Kier molecular flexibility index (Phi) is 6.06. The van der Waals surface area contributed by atoms with Crippen molar-refractivity contribution in [3.05, 3.63) is 34.3 Å². The second-order valence-corrected chi connectivity index (χ2v) is 5.76. The zero-order valence-electron chi connectivity index (χ0n) is 12.1. The normalized spacial score (nSPS) is 10.7. The van der Waals surface area contributed by atoms with E-state index in [1.807, 2.05) is 0 Å². The fourth-order valence-electron chi connectivity index (χ4n) is 1.44. The van der Waals surface area contributed by atoms with Crippen LogP contribution in [0.2, 0.25) is 5.02 Å². The Bertz CT molecular complexity index is 541. The van der Waals surface area contributed by atoms with Gasteiger partial charge in [-0.1, -0.05) is 44.2 Å². The molecule has 0 aliphatic heterocycles. The van der Waals surface area contributed by atoms with E-state index in [0.29, 0.717) is 22.7 Å². The Morgan fingerprint density at radius 1 is 1.45 bits per heavy atom. The van der Waals surface area contributed by atoms with Crippen LogP contribution in [-0.2, 0) is 0 Å². The van der Waals surface area contributed by atoms with Crippen molar-refractivity contribution in [1.29, 1.82) is 0 Å². The van der Waals surface area contributed by atoms with Crippen molar-refractivity contribution in [2.24, 2.45) is 5.41 Å². The van der Waals surface area contributed by atoms with Gasteiger partial charge in [0.05, 0.1) is 5.02 Å². The van der Waals surface area contributed by atoms with Gasteiger partial charge in [0.2, 0.25) is 0 Å². The summed E-state index contributed by atoms with van der Waals surface area (Å²) < 4.78 is 0. The van der Waals surface area contributed by atoms with Crippen molar-refractivity contribution in [3.63, 3.8) is 0 Å². The van der Waals surface area contributed by atoms with Crippen molar-refractivity contribution in [2.75, 3.05) is 13.2 Å². The van der Waals surface area contributed by atoms with Crippen molar-refractivity contribution in [1.82, 2.24) is 5.32 Å². The van der Waals surface area contributed by atoms with Crippen molar-refractivity contribution in [3.8, 4) is 11.8 Å². The lowest BCUT2D eigenvalue weighted by Crippen LogP contribution is -2.33. The maximum absolute atomic E-state index is 12.0. The van der Waals surface area contributed by atoms with E-state index >= 15 is 0 Å². The van der Waals surface area contributed by atoms with Gasteiger partial charge in [0.1, 0.15) is 6.61 Å². The van der Waals surface area contributed by atoms with Crippen LogP contribution in [0.3, 0.4) is 0 Å². The number of halogens is 1. The summed E-state index contributed by atoms with van der Waals surface area (Å²) in [5.41, 5.74) is 1.19. The zero-order valence-corrected chi connectivity index (χ0v) is 12.8. The van der Waals surface area contributed by atoms with Crippen LogP contribution >= 0.6 is 11.6 Å². The summed E-state index contributed by atoms with van der Waals surface area (Å²) in [6.07, 6.45) is 0.990. The molecule has 0 saturated carbocycles. The summed E-state index contributed by atoms with van der Waals surface area (Å²) in [6.45, 7) is 6.70. The van der Waals surface area contributed by atoms with Gasteiger partial charge < -0.3 is 10.4 Å². The number of amides is 1. The van der Waals surface area contributed by atoms with Gasteiger partial charge in [-0.2, -0.15) is 0 Å². The minimum Gasteiger partial charge on any atom is -0.384 e. The number of aliphatic hydroxyl groups excluding tert-OH is 1. The Labute approximate surface area is 125 Å². The van der Waals surface area contributed by atoms with E-state index in [-0.39, 0.29) is 17.9 Å². The lowest BCUT2D eigenvalue weighted by molar-refractivity contribution is 0.0935. The fraction of sp³-hybridized carbons (Fsp3) is 0.438. The van der Waals surface area contributed by atoms with Gasteiger partial charge in [0.25, 0.3) is 5.91 Å². The minimum atomic E-state index is -0.218. The molecule has 0 aromatic heterocycles. The van der Waals surface area contributed by atoms with Gasteiger partial charge in [-0.25, -0.2) is 0 Å². The first-order valence-corrected chi connectivity index (χ1v) is 6.95. The third kappa shape index (κ3) is 4.88. The Morgan fingerprint density at radius 2 is 2.15 bits per heavy atom. The topological polar surface area (TPSA) is 49.3 Å². The minimum absolute atomic E-state index is 0.0754. The van der Waals surface area contributed by atoms with Gasteiger partial charge >= 0.3 is 0 Å². The Hall–Kier alpha value is -1.50. The molecular formula is C16H20ClNO2. The summed E-state index contributed by atoms with van der Waals surface area (Å²) in [7, 11) is 0. The number of hydrogen-bond acceptors (Lipinski definition) is 2. The molecule has 0 radical (unpaired) electrons. The lowest BCUT2D eigenvalue weighted by atomic mass is 9.90. The highest BCUT2D eigenvalue weighted by Crippen LogP contribution is 2.19. The van der Waals surface area contributed by atoms with Crippen LogP contribution in [-0.4, -0.2) is 24.2 Å². The summed E-state index contributed by atoms with van der Waals surface area (Å²) in [5, 5.41) is 12.0. The highest BCUT2D eigenvalue weighted by molar-refractivity contribution is 6.32. The van der Waals surface area contributed by atoms with Gasteiger partial charge in [0, 0.05) is 17.7 Å². The van der Waals surface area contributed by atoms with Crippen LogP contribution < -0.4 is 5.32 Å². The van der Waals surface area contributed by atoms with Crippen LogP contribution in [0.25, 0.3) is 0 Å². The first kappa shape index (κ1) is 16.6. The molecule has 1 aromatic rings. The average Bonchev–Trinajstić information content (AvgIpc) is 2.43. The maximum Gasteiger partial charge on any atom is 0.251 e. The predicted molar refractivity (Wildman–Crippen MR) is 81.8 cm³/mol. The van der Waals surface area contributed by atoms with Gasteiger partial charge in [-0.05, 0) is 30.0 Å². The Morgan fingerprint density at radius 3 is 2.70 bits per heavy atom. The first-order chi connectivity index (χ1) is 9.39. The molecule has 3 nitrogen and oxygen atoms in total. The first-order valence-electron chi connectivity index (χ1n) is 6.57. The quantitative estimate of drug-likeness (QED) is 0.839. The lowest BCUT2D eigenvalue weighted by Gasteiger charge is -2.22. The molecule has 108 valence electrons. The van der Waals surface area contributed by atoms with E-state index in [1.54, 1.807) is 18.2 Å². The van der Waals surface area contributed by atoms with E-state index in [9.17, 15) is 4.79 Å². The molecule has 0 heterocycles. The van der Waals surface area contributed by atoms with E-state index in [2.05, 4.69) is 37.9 Å². The summed E-state index contributed by atoms with van der Waals surface area (Å²) >= 11 is 6.06. The van der Waals surface area contributed by atoms with Crippen molar-refractivity contribution >= 4 is 17.5 Å². The van der Waals surface area contributed by atoms with Crippen molar-refractivity contribution in [2.45, 2.75) is 27.2 Å². The summed E-state index contributed by atoms with van der Waals surface area (Å²) in [6, 6.07) is 4.96. The molecule has 0 atom stereocenters. The number of aliphatic hydroxyl groups is 1. The molecule has 1 amide bonds. The second-order valence-electron chi connectivity index (χ2n) is 5.35. The molecule has 0 aliphatic carbocycles. The number of rotatable bonds is 4. The number of nitrogens with one attached hydrogen (secondary N) is 1. The SMILES string of the molecule is CCC(C)(C)CNC(=O)c1ccc(C#CCO)c(Cl)c1. The molecule has 0 spiro atoms. The average molecular weight is 294 g/mol. The highest BCUT2D eigenvalue weighted by atomic mass is 35.5. The molecule has 1 aromatic carbocycles. The smallest absolute Gasteiger partial charge is 0.251 e. The highest BCUT2D eigenvalue weighted by Gasteiger charge is 2.17. The van der Waals surface area contributed by atoms with Gasteiger partial charge in [-0.3, -0.25) is 4.79 Å². The molecule has 2 N–H and O–H groups in total. The van der Waals surface area contributed by atoms with Crippen LogP contribution in [0, 0.1) is 17.3 Å². The molecule has 0 aliphatic rings.